The zero-order valence-electron chi connectivity index (χ0n) is 47.6. The number of rotatable bonds is 53. The summed E-state index contributed by atoms with van der Waals surface area (Å²) in [5.41, 5.74) is 0. The van der Waals surface area contributed by atoms with Gasteiger partial charge < -0.3 is 50.5 Å². The normalized spacial score (nSPS) is 20.1. The number of carbonyl (C=O) groups excluding carboxylic acids is 1. The minimum atomic E-state index is -1.67. The Balaban J connectivity index is 2.09. The largest absolute Gasteiger partial charge is 0.394 e. The number of allylic oxidation sites excluding steroid dienone is 8. The zero-order valence-corrected chi connectivity index (χ0v) is 47.6. The second-order valence-electron chi connectivity index (χ2n) is 21.7. The first-order chi connectivity index (χ1) is 36.2. The maximum absolute atomic E-state index is 13.1. The van der Waals surface area contributed by atoms with E-state index in [2.05, 4.69) is 61.7 Å². The fourth-order valence-electron chi connectivity index (χ4n) is 9.85. The maximum Gasteiger partial charge on any atom is 0.249 e. The maximum atomic E-state index is 13.1. The van der Waals surface area contributed by atoms with Crippen LogP contribution in [0.1, 0.15) is 277 Å². The van der Waals surface area contributed by atoms with Crippen LogP contribution in [0.4, 0.5) is 0 Å². The lowest BCUT2D eigenvalue weighted by Crippen LogP contribution is -2.60. The van der Waals surface area contributed by atoms with Crippen LogP contribution in [-0.2, 0) is 14.3 Å². The molecule has 0 aromatic heterocycles. The second-order valence-corrected chi connectivity index (χ2v) is 21.7. The molecule has 11 heteroatoms. The monoisotopic (exact) mass is 1050 g/mol. The van der Waals surface area contributed by atoms with E-state index in [0.29, 0.717) is 19.3 Å². The summed E-state index contributed by atoms with van der Waals surface area (Å²) < 4.78 is 11.1. The third-order valence-corrected chi connectivity index (χ3v) is 14.8. The SMILES string of the molecule is CC/C=C/CC/C=C/CCCC(O)C(O)C(COC1OC(CO)C(O)C(O)C1O)NC(=O)C(O)CCCCCCCCCCCCCCCCCC/C=C\C/C=C\CCCCCCCCCCCCCCCCC. The van der Waals surface area contributed by atoms with Gasteiger partial charge in [-0.1, -0.05) is 249 Å². The van der Waals surface area contributed by atoms with Crippen molar-refractivity contribution in [1.29, 1.82) is 0 Å². The quantitative estimate of drug-likeness (QED) is 0.0215. The Morgan fingerprint density at radius 3 is 1.35 bits per heavy atom. The van der Waals surface area contributed by atoms with Crippen molar-refractivity contribution in [1.82, 2.24) is 5.32 Å². The predicted octanol–water partition coefficient (Wildman–Crippen LogP) is 13.6. The van der Waals surface area contributed by atoms with Crippen molar-refractivity contribution < 1.29 is 50.0 Å². The lowest BCUT2D eigenvalue weighted by Gasteiger charge is -2.40. The van der Waals surface area contributed by atoms with Gasteiger partial charge in [-0.25, -0.2) is 0 Å². The van der Waals surface area contributed by atoms with Crippen molar-refractivity contribution in [2.24, 2.45) is 0 Å². The minimum Gasteiger partial charge on any atom is -0.394 e. The van der Waals surface area contributed by atoms with Crippen molar-refractivity contribution in [3.8, 4) is 0 Å². The van der Waals surface area contributed by atoms with Crippen LogP contribution in [-0.4, -0.2) is 110 Å². The van der Waals surface area contributed by atoms with Gasteiger partial charge in [0.2, 0.25) is 5.91 Å². The van der Waals surface area contributed by atoms with Crippen LogP contribution >= 0.6 is 0 Å². The molecule has 8 N–H and O–H groups in total. The molecule has 434 valence electrons. The molecule has 1 fully saturated rings. The van der Waals surface area contributed by atoms with E-state index in [0.717, 1.165) is 44.9 Å². The van der Waals surface area contributed by atoms with Crippen LogP contribution in [0.15, 0.2) is 48.6 Å². The van der Waals surface area contributed by atoms with Gasteiger partial charge in [0.15, 0.2) is 6.29 Å². The Morgan fingerprint density at radius 1 is 0.486 bits per heavy atom. The van der Waals surface area contributed by atoms with Crippen molar-refractivity contribution in [2.45, 2.75) is 332 Å². The fraction of sp³-hybridized carbons (Fsp3) is 0.857. The van der Waals surface area contributed by atoms with Crippen LogP contribution in [0.3, 0.4) is 0 Å². The summed E-state index contributed by atoms with van der Waals surface area (Å²) in [5.74, 6) is -0.712. The van der Waals surface area contributed by atoms with Crippen LogP contribution in [0, 0.1) is 0 Å². The van der Waals surface area contributed by atoms with Crippen LogP contribution in [0.25, 0.3) is 0 Å². The summed E-state index contributed by atoms with van der Waals surface area (Å²) in [7, 11) is 0. The minimum absolute atomic E-state index is 0.243. The van der Waals surface area contributed by atoms with Gasteiger partial charge in [0.1, 0.15) is 36.6 Å². The Labute approximate surface area is 453 Å². The topological polar surface area (TPSA) is 189 Å². The van der Waals surface area contributed by atoms with Gasteiger partial charge in [0.25, 0.3) is 0 Å². The Hall–Kier alpha value is -1.93. The third-order valence-electron chi connectivity index (χ3n) is 14.8. The molecule has 1 amide bonds. The molecule has 1 aliphatic heterocycles. The van der Waals surface area contributed by atoms with Gasteiger partial charge in [0.05, 0.1) is 25.4 Å². The van der Waals surface area contributed by atoms with E-state index in [9.17, 15) is 40.5 Å². The number of hydrogen-bond donors (Lipinski definition) is 8. The van der Waals surface area contributed by atoms with E-state index in [1.165, 1.54) is 186 Å². The van der Waals surface area contributed by atoms with Crippen LogP contribution in [0.2, 0.25) is 0 Å². The molecule has 0 bridgehead atoms. The molecule has 1 heterocycles. The molecule has 0 radical (unpaired) electrons. The Kier molecular flexibility index (Phi) is 49.1. The van der Waals surface area contributed by atoms with Gasteiger partial charge in [-0.05, 0) is 77.0 Å². The molecule has 0 saturated carbocycles. The molecule has 1 aliphatic rings. The average Bonchev–Trinajstić information content (AvgIpc) is 3.40. The number of hydrogen-bond acceptors (Lipinski definition) is 10. The summed E-state index contributed by atoms with van der Waals surface area (Å²) in [6.45, 7) is 3.31. The van der Waals surface area contributed by atoms with Gasteiger partial charge in [-0.15, -0.1) is 0 Å². The lowest BCUT2D eigenvalue weighted by molar-refractivity contribution is -0.303. The highest BCUT2D eigenvalue weighted by Crippen LogP contribution is 2.23. The second kappa shape index (κ2) is 51.8. The molecule has 9 unspecified atom stereocenters. The number of amides is 1. The van der Waals surface area contributed by atoms with Crippen molar-refractivity contribution >= 4 is 5.91 Å². The summed E-state index contributed by atoms with van der Waals surface area (Å²) in [4.78, 5) is 13.1. The summed E-state index contributed by atoms with van der Waals surface area (Å²) in [6, 6.07) is -1.19. The Morgan fingerprint density at radius 2 is 0.892 bits per heavy atom. The first-order valence-electron chi connectivity index (χ1n) is 31.0. The van der Waals surface area contributed by atoms with Gasteiger partial charge in [-0.3, -0.25) is 4.79 Å². The van der Waals surface area contributed by atoms with E-state index in [1.54, 1.807) is 0 Å². The smallest absolute Gasteiger partial charge is 0.249 e. The standard InChI is InChI=1S/C63H117NO10/c1-3-5-7-9-11-13-14-15-16-17-18-19-20-21-22-23-24-25-26-27-28-29-30-31-32-33-34-35-36-37-38-39-40-41-43-45-47-49-51-56(67)62(72)64-54(53-73-63-61(71)60(70)59(69)57(52-65)74-63)58(68)55(66)50-48-46-44-42-12-10-8-6-4-2/h6,8,24-25,27-28,42,44,54-61,63,65-71H,3-5,7,9-23,26,29-41,43,45-53H2,1-2H3,(H,64,72)/b8-6+,25-24-,28-27-,44-42+. The molecule has 0 aliphatic carbocycles. The molecule has 0 spiro atoms. The number of aliphatic hydroxyl groups excluding tert-OH is 7. The highest BCUT2D eigenvalue weighted by Gasteiger charge is 2.44. The molecule has 0 aromatic carbocycles. The van der Waals surface area contributed by atoms with E-state index >= 15 is 0 Å². The molecule has 1 saturated heterocycles. The molecule has 74 heavy (non-hydrogen) atoms. The van der Waals surface area contributed by atoms with Gasteiger partial charge >= 0.3 is 0 Å². The number of ether oxygens (including phenoxy) is 2. The summed E-state index contributed by atoms with van der Waals surface area (Å²) >= 11 is 0. The highest BCUT2D eigenvalue weighted by atomic mass is 16.7. The summed E-state index contributed by atoms with van der Waals surface area (Å²) in [6.07, 6.45) is 55.3. The van der Waals surface area contributed by atoms with Crippen LogP contribution < -0.4 is 5.32 Å². The molecule has 11 nitrogen and oxygen atoms in total. The summed E-state index contributed by atoms with van der Waals surface area (Å²) in [5, 5.41) is 75.7. The highest BCUT2D eigenvalue weighted by molar-refractivity contribution is 5.80. The number of nitrogens with one attached hydrogen (secondary N) is 1. The first kappa shape index (κ1) is 70.1. The van der Waals surface area contributed by atoms with Crippen molar-refractivity contribution in [2.75, 3.05) is 13.2 Å². The molecule has 0 aromatic rings. The fourth-order valence-corrected chi connectivity index (χ4v) is 9.85. The van der Waals surface area contributed by atoms with E-state index in [1.807, 2.05) is 6.08 Å². The van der Waals surface area contributed by atoms with Gasteiger partial charge in [0, 0.05) is 0 Å². The molecule has 9 atom stereocenters. The van der Waals surface area contributed by atoms with Crippen molar-refractivity contribution in [3.63, 3.8) is 0 Å². The van der Waals surface area contributed by atoms with E-state index < -0.39 is 74.2 Å². The predicted molar refractivity (Wildman–Crippen MR) is 307 cm³/mol. The number of aliphatic hydroxyl groups is 7. The molecular weight excluding hydrogens is 931 g/mol. The zero-order chi connectivity index (χ0) is 54.0. The first-order valence-corrected chi connectivity index (χ1v) is 31.0. The molecule has 1 rings (SSSR count). The third kappa shape index (κ3) is 39.4. The van der Waals surface area contributed by atoms with Crippen LogP contribution in [0.5, 0.6) is 0 Å². The van der Waals surface area contributed by atoms with E-state index in [-0.39, 0.29) is 12.8 Å². The average molecular weight is 1050 g/mol. The Bertz CT molecular complexity index is 1340. The number of unbranched alkanes of at least 4 members (excludes halogenated alkanes) is 33. The van der Waals surface area contributed by atoms with E-state index in [4.69, 9.17) is 9.47 Å². The van der Waals surface area contributed by atoms with Gasteiger partial charge in [-0.2, -0.15) is 0 Å². The number of carbonyl (C=O) groups is 1. The van der Waals surface area contributed by atoms with Crippen molar-refractivity contribution in [3.05, 3.63) is 48.6 Å². The molecular formula is C63H117NO10. The lowest BCUT2D eigenvalue weighted by atomic mass is 9.98.